The van der Waals surface area contributed by atoms with E-state index in [0.29, 0.717) is 17.0 Å². The molecule has 2 aromatic carbocycles. The zero-order valence-corrected chi connectivity index (χ0v) is 13.5. The van der Waals surface area contributed by atoms with Gasteiger partial charge in [0.15, 0.2) is 0 Å². The second kappa shape index (κ2) is 6.23. The number of anilines is 1. The Hall–Kier alpha value is -2.27. The zero-order valence-electron chi connectivity index (χ0n) is 11.9. The molecule has 1 heterocycles. The van der Waals surface area contributed by atoms with Gasteiger partial charge in [0.1, 0.15) is 18.1 Å². The first kappa shape index (κ1) is 14.7. The topological polar surface area (TPSA) is 47.6 Å². The lowest BCUT2D eigenvalue weighted by Gasteiger charge is -2.18. The standard InChI is InChI=1S/C17H14BrNO3/c1-21-15-4-2-3-14(9-15)19-17(20)12-7-11-8-13(18)5-6-16(11)22-10-12/h2-9H,10H2,1H3,(H,19,20). The summed E-state index contributed by atoms with van der Waals surface area (Å²) in [7, 11) is 1.59. The normalized spacial score (nSPS) is 12.7. The van der Waals surface area contributed by atoms with Gasteiger partial charge in [-0.2, -0.15) is 0 Å². The molecule has 1 aliphatic rings. The first-order valence-corrected chi connectivity index (χ1v) is 7.53. The van der Waals surface area contributed by atoms with Gasteiger partial charge in [0, 0.05) is 21.8 Å². The fourth-order valence-corrected chi connectivity index (χ4v) is 2.57. The maximum Gasteiger partial charge on any atom is 0.255 e. The maximum atomic E-state index is 12.3. The third-order valence-corrected chi connectivity index (χ3v) is 3.80. The number of methoxy groups -OCH3 is 1. The highest BCUT2D eigenvalue weighted by molar-refractivity contribution is 9.10. The van der Waals surface area contributed by atoms with Crippen LogP contribution in [0.25, 0.3) is 6.08 Å². The van der Waals surface area contributed by atoms with E-state index in [9.17, 15) is 4.79 Å². The van der Waals surface area contributed by atoms with Crippen LogP contribution in [0.2, 0.25) is 0 Å². The summed E-state index contributed by atoms with van der Waals surface area (Å²) < 4.78 is 11.7. The van der Waals surface area contributed by atoms with Crippen LogP contribution in [0.1, 0.15) is 5.56 Å². The highest BCUT2D eigenvalue weighted by Crippen LogP contribution is 2.29. The Kier molecular flexibility index (Phi) is 4.15. The molecule has 0 bridgehead atoms. The van der Waals surface area contributed by atoms with Gasteiger partial charge in [-0.3, -0.25) is 4.79 Å². The minimum atomic E-state index is -0.182. The predicted octanol–water partition coefficient (Wildman–Crippen LogP) is 3.87. The number of hydrogen-bond acceptors (Lipinski definition) is 3. The Balaban J connectivity index is 1.80. The summed E-state index contributed by atoms with van der Waals surface area (Å²) in [5, 5.41) is 2.85. The van der Waals surface area contributed by atoms with Crippen molar-refractivity contribution in [3.8, 4) is 11.5 Å². The molecule has 0 saturated heterocycles. The van der Waals surface area contributed by atoms with Crippen molar-refractivity contribution >= 4 is 33.6 Å². The first-order chi connectivity index (χ1) is 10.7. The van der Waals surface area contributed by atoms with E-state index < -0.39 is 0 Å². The van der Waals surface area contributed by atoms with Crippen LogP contribution in [0.3, 0.4) is 0 Å². The number of ether oxygens (including phenoxy) is 2. The van der Waals surface area contributed by atoms with Crippen LogP contribution in [0.4, 0.5) is 5.69 Å². The van der Waals surface area contributed by atoms with E-state index in [0.717, 1.165) is 15.8 Å². The Morgan fingerprint density at radius 1 is 1.27 bits per heavy atom. The lowest BCUT2D eigenvalue weighted by Crippen LogP contribution is -2.21. The van der Waals surface area contributed by atoms with Crippen LogP contribution in [0, 0.1) is 0 Å². The van der Waals surface area contributed by atoms with Gasteiger partial charge in [0.25, 0.3) is 5.91 Å². The summed E-state index contributed by atoms with van der Waals surface area (Å²) in [6, 6.07) is 13.0. The molecule has 4 nitrogen and oxygen atoms in total. The Bertz CT molecular complexity index is 755. The van der Waals surface area contributed by atoms with E-state index in [1.165, 1.54) is 0 Å². The van der Waals surface area contributed by atoms with Crippen LogP contribution in [0.5, 0.6) is 11.5 Å². The molecule has 0 radical (unpaired) electrons. The van der Waals surface area contributed by atoms with E-state index in [1.807, 2.05) is 42.5 Å². The molecule has 0 spiro atoms. The van der Waals surface area contributed by atoms with Crippen molar-refractivity contribution in [2.75, 3.05) is 19.0 Å². The van der Waals surface area contributed by atoms with Crippen LogP contribution < -0.4 is 14.8 Å². The molecule has 1 amide bonds. The molecule has 0 saturated carbocycles. The Morgan fingerprint density at radius 2 is 2.14 bits per heavy atom. The van der Waals surface area contributed by atoms with E-state index in [2.05, 4.69) is 21.2 Å². The van der Waals surface area contributed by atoms with Gasteiger partial charge in [-0.1, -0.05) is 22.0 Å². The molecule has 1 aliphatic heterocycles. The fourth-order valence-electron chi connectivity index (χ4n) is 2.19. The van der Waals surface area contributed by atoms with Gasteiger partial charge in [0.05, 0.1) is 12.7 Å². The summed E-state index contributed by atoms with van der Waals surface area (Å²) in [6.07, 6.45) is 1.85. The van der Waals surface area contributed by atoms with Crippen LogP contribution in [-0.4, -0.2) is 19.6 Å². The monoisotopic (exact) mass is 359 g/mol. The summed E-state index contributed by atoms with van der Waals surface area (Å²) in [5.41, 5.74) is 2.15. The number of fused-ring (bicyclic) bond motifs is 1. The smallest absolute Gasteiger partial charge is 0.255 e. The minimum Gasteiger partial charge on any atom is -0.497 e. The van der Waals surface area contributed by atoms with E-state index in [1.54, 1.807) is 13.2 Å². The molecule has 0 unspecified atom stereocenters. The van der Waals surface area contributed by atoms with Gasteiger partial charge >= 0.3 is 0 Å². The molecule has 0 aliphatic carbocycles. The van der Waals surface area contributed by atoms with Gasteiger partial charge in [-0.05, 0) is 36.4 Å². The van der Waals surface area contributed by atoms with Crippen LogP contribution in [0.15, 0.2) is 52.5 Å². The fraction of sp³-hybridized carbons (Fsp3) is 0.118. The average molecular weight is 360 g/mol. The number of hydrogen-bond donors (Lipinski definition) is 1. The molecule has 1 N–H and O–H groups in total. The lowest BCUT2D eigenvalue weighted by atomic mass is 10.1. The van der Waals surface area contributed by atoms with Crippen molar-refractivity contribution < 1.29 is 14.3 Å². The van der Waals surface area contributed by atoms with Gasteiger partial charge in [-0.15, -0.1) is 0 Å². The van der Waals surface area contributed by atoms with E-state index in [4.69, 9.17) is 9.47 Å². The number of amides is 1. The molecule has 3 rings (SSSR count). The number of nitrogens with one attached hydrogen (secondary N) is 1. The Labute approximate surface area is 136 Å². The minimum absolute atomic E-state index is 0.182. The molecule has 0 atom stereocenters. The first-order valence-electron chi connectivity index (χ1n) is 6.74. The molecule has 0 aromatic heterocycles. The highest BCUT2D eigenvalue weighted by atomic mass is 79.9. The number of rotatable bonds is 3. The summed E-state index contributed by atoms with van der Waals surface area (Å²) in [5.74, 6) is 1.29. The summed E-state index contributed by atoms with van der Waals surface area (Å²) in [6.45, 7) is 0.254. The highest BCUT2D eigenvalue weighted by Gasteiger charge is 2.17. The molecular formula is C17H14BrNO3. The van der Waals surface area contributed by atoms with E-state index >= 15 is 0 Å². The van der Waals surface area contributed by atoms with E-state index in [-0.39, 0.29) is 12.5 Å². The van der Waals surface area contributed by atoms with Crippen LogP contribution >= 0.6 is 15.9 Å². The average Bonchev–Trinajstić information content (AvgIpc) is 2.54. The summed E-state index contributed by atoms with van der Waals surface area (Å²) >= 11 is 3.42. The summed E-state index contributed by atoms with van der Waals surface area (Å²) in [4.78, 5) is 12.3. The molecule has 5 heteroatoms. The largest absolute Gasteiger partial charge is 0.497 e. The van der Waals surface area contributed by atoms with Crippen LogP contribution in [-0.2, 0) is 4.79 Å². The second-order valence-corrected chi connectivity index (χ2v) is 5.74. The lowest BCUT2D eigenvalue weighted by molar-refractivity contribution is -0.113. The molecule has 112 valence electrons. The van der Waals surface area contributed by atoms with Crippen molar-refractivity contribution in [2.24, 2.45) is 0 Å². The van der Waals surface area contributed by atoms with Crippen molar-refractivity contribution in [3.05, 3.63) is 58.1 Å². The molecular weight excluding hydrogens is 346 g/mol. The van der Waals surface area contributed by atoms with Gasteiger partial charge < -0.3 is 14.8 Å². The number of benzene rings is 2. The van der Waals surface area contributed by atoms with Crippen molar-refractivity contribution in [3.63, 3.8) is 0 Å². The number of halogens is 1. The van der Waals surface area contributed by atoms with Crippen molar-refractivity contribution in [2.45, 2.75) is 0 Å². The number of carbonyl (C=O) groups excluding carboxylic acids is 1. The van der Waals surface area contributed by atoms with Crippen molar-refractivity contribution in [1.29, 1.82) is 0 Å². The SMILES string of the molecule is COc1cccc(NC(=O)C2=Cc3cc(Br)ccc3OC2)c1. The van der Waals surface area contributed by atoms with Crippen molar-refractivity contribution in [1.82, 2.24) is 0 Å². The number of carbonyl (C=O) groups is 1. The third-order valence-electron chi connectivity index (χ3n) is 3.30. The Morgan fingerprint density at radius 3 is 2.95 bits per heavy atom. The quantitative estimate of drug-likeness (QED) is 0.904. The zero-order chi connectivity index (χ0) is 15.5. The molecule has 2 aromatic rings. The maximum absolute atomic E-state index is 12.3. The predicted molar refractivity (Wildman–Crippen MR) is 89.2 cm³/mol. The second-order valence-electron chi connectivity index (χ2n) is 4.83. The molecule has 0 fully saturated rings. The third kappa shape index (κ3) is 3.14. The molecule has 22 heavy (non-hydrogen) atoms. The van der Waals surface area contributed by atoms with Gasteiger partial charge in [0.2, 0.25) is 0 Å². The van der Waals surface area contributed by atoms with Gasteiger partial charge in [-0.25, -0.2) is 0 Å².